The number of hydrogen-bond donors (Lipinski definition) is 6. The normalized spacial score (nSPS) is 18.6. The van der Waals surface area contributed by atoms with Gasteiger partial charge in [-0.3, -0.25) is 4.79 Å². The molecule has 0 radical (unpaired) electrons. The second-order valence-corrected chi connectivity index (χ2v) is 25.4. The van der Waals surface area contributed by atoms with Gasteiger partial charge in [0.15, 0.2) is 6.29 Å². The van der Waals surface area contributed by atoms with Gasteiger partial charge in [-0.05, 0) is 109 Å². The van der Waals surface area contributed by atoms with Crippen LogP contribution in [0.1, 0.15) is 303 Å². The minimum absolute atomic E-state index is 0.204. The quantitative estimate of drug-likeness (QED) is 0.0261. The van der Waals surface area contributed by atoms with Crippen molar-refractivity contribution in [2.45, 2.75) is 346 Å². The first-order chi connectivity index (χ1) is 45.3. The van der Waals surface area contributed by atoms with Crippen LogP contribution in [0.3, 0.4) is 0 Å². The average Bonchev–Trinajstić information content (AvgIpc) is 1.00. The maximum Gasteiger partial charge on any atom is 0.220 e. The summed E-state index contributed by atoms with van der Waals surface area (Å²) in [6.07, 6.45) is 102. The van der Waals surface area contributed by atoms with Crippen LogP contribution in [-0.2, 0) is 14.3 Å². The van der Waals surface area contributed by atoms with E-state index in [1.807, 2.05) is 6.08 Å². The summed E-state index contributed by atoms with van der Waals surface area (Å²) >= 11 is 0. The minimum Gasteiger partial charge on any atom is -0.394 e. The maximum absolute atomic E-state index is 13.1. The molecule has 0 aromatic carbocycles. The molecule has 0 aromatic rings. The van der Waals surface area contributed by atoms with E-state index in [4.69, 9.17) is 9.47 Å². The Kier molecular flexibility index (Phi) is 65.0. The molecule has 524 valence electrons. The topological polar surface area (TPSA) is 149 Å². The number of aliphatic hydroxyl groups excluding tert-OH is 5. The van der Waals surface area contributed by atoms with Crippen LogP contribution >= 0.6 is 0 Å². The van der Waals surface area contributed by atoms with Crippen LogP contribution in [0.15, 0.2) is 158 Å². The standard InChI is InChI=1S/C83H139NO8/c1-3-5-7-9-11-13-15-17-19-21-23-25-27-29-31-33-34-35-36-37-38-39-40-41-42-43-44-45-47-49-51-53-55-57-59-61-63-65-67-69-71-73-79(87)84-76(75-91-83-82(90)81(89)80(88)78(74-85)92-83)77(86)72-70-68-66-64-62-60-58-56-54-52-50-48-46-32-30-28-26-24-22-20-18-16-14-12-10-8-6-4-2/h5,7,11,13,17,19,23,25,29,31,34-35,37-38,40-41,43-44,47,49,53,55,59,61,70,72,76-78,80-83,85-86,88-90H,3-4,6,8-10,12,14-16,18,20-22,24,26-28,30,32-33,36,39,42,45-46,48,50-52,54,56-58,60,62-69,71,73-75H2,1-2H3,(H,84,87)/b7-5-,13-11-,19-17-,25-23-,31-29-,35-34-,38-37-,41-40-,44-43-,49-47-,55-53-,61-59-,72-70+. The van der Waals surface area contributed by atoms with Gasteiger partial charge in [-0.2, -0.15) is 0 Å². The third-order valence-corrected chi connectivity index (χ3v) is 16.9. The van der Waals surface area contributed by atoms with Crippen molar-refractivity contribution in [3.63, 3.8) is 0 Å². The van der Waals surface area contributed by atoms with Gasteiger partial charge in [0.1, 0.15) is 24.4 Å². The van der Waals surface area contributed by atoms with Crippen LogP contribution in [-0.4, -0.2) is 87.5 Å². The summed E-state index contributed by atoms with van der Waals surface area (Å²) in [5, 5.41) is 54.8. The molecule has 1 saturated heterocycles. The van der Waals surface area contributed by atoms with Crippen LogP contribution in [0.25, 0.3) is 0 Å². The molecule has 1 aliphatic heterocycles. The number of allylic oxidation sites excluding steroid dienone is 25. The largest absolute Gasteiger partial charge is 0.394 e. The Morgan fingerprint density at radius 2 is 0.674 bits per heavy atom. The van der Waals surface area contributed by atoms with Crippen LogP contribution in [0.5, 0.6) is 0 Å². The second kappa shape index (κ2) is 69.6. The molecule has 0 bridgehead atoms. The zero-order valence-corrected chi connectivity index (χ0v) is 58.7. The fraction of sp³-hybridized carbons (Fsp3) is 0.675. The van der Waals surface area contributed by atoms with Gasteiger partial charge in [0.05, 0.1) is 25.4 Å². The Morgan fingerprint density at radius 3 is 1.00 bits per heavy atom. The number of carbonyl (C=O) groups is 1. The van der Waals surface area contributed by atoms with Gasteiger partial charge in [-0.25, -0.2) is 0 Å². The molecular weight excluding hydrogens is 1140 g/mol. The summed E-state index contributed by atoms with van der Waals surface area (Å²) in [5.74, 6) is -0.204. The second-order valence-electron chi connectivity index (χ2n) is 25.4. The Balaban J connectivity index is 2.18. The van der Waals surface area contributed by atoms with Crippen molar-refractivity contribution in [1.29, 1.82) is 0 Å². The van der Waals surface area contributed by atoms with E-state index in [0.717, 1.165) is 128 Å². The summed E-state index contributed by atoms with van der Waals surface area (Å²) in [4.78, 5) is 13.1. The van der Waals surface area contributed by atoms with Gasteiger partial charge < -0.3 is 40.3 Å². The van der Waals surface area contributed by atoms with E-state index in [1.165, 1.54) is 154 Å². The van der Waals surface area contributed by atoms with Gasteiger partial charge >= 0.3 is 0 Å². The Hall–Kier alpha value is -4.19. The van der Waals surface area contributed by atoms with Gasteiger partial charge in [0, 0.05) is 6.42 Å². The maximum atomic E-state index is 13.1. The highest BCUT2D eigenvalue weighted by molar-refractivity contribution is 5.76. The molecule has 1 fully saturated rings. The summed E-state index contributed by atoms with van der Waals surface area (Å²) < 4.78 is 11.3. The van der Waals surface area contributed by atoms with Gasteiger partial charge in [-0.15, -0.1) is 0 Å². The summed E-state index contributed by atoms with van der Waals surface area (Å²) in [6, 6.07) is -0.833. The Bertz CT molecular complexity index is 2020. The molecule has 6 N–H and O–H groups in total. The van der Waals surface area contributed by atoms with E-state index in [0.29, 0.717) is 6.42 Å². The first-order valence-corrected chi connectivity index (χ1v) is 37.7. The highest BCUT2D eigenvalue weighted by Gasteiger charge is 2.44. The molecular formula is C83H139NO8. The average molecular weight is 1280 g/mol. The molecule has 9 nitrogen and oxygen atoms in total. The van der Waals surface area contributed by atoms with E-state index in [-0.39, 0.29) is 12.5 Å². The molecule has 92 heavy (non-hydrogen) atoms. The van der Waals surface area contributed by atoms with Crippen molar-refractivity contribution in [3.8, 4) is 0 Å². The van der Waals surface area contributed by atoms with E-state index >= 15 is 0 Å². The summed E-state index contributed by atoms with van der Waals surface area (Å²) in [5.41, 5.74) is 0. The van der Waals surface area contributed by atoms with Gasteiger partial charge in [0.25, 0.3) is 0 Å². The number of hydrogen-bond acceptors (Lipinski definition) is 8. The van der Waals surface area contributed by atoms with Gasteiger partial charge in [0.2, 0.25) is 5.91 Å². The zero-order valence-electron chi connectivity index (χ0n) is 58.7. The minimum atomic E-state index is -1.58. The molecule has 1 aliphatic rings. The summed E-state index contributed by atoms with van der Waals surface area (Å²) in [7, 11) is 0. The third kappa shape index (κ3) is 57.3. The van der Waals surface area contributed by atoms with Crippen molar-refractivity contribution < 1.29 is 39.8 Å². The first kappa shape index (κ1) is 85.8. The highest BCUT2D eigenvalue weighted by Crippen LogP contribution is 2.23. The van der Waals surface area contributed by atoms with Crippen LogP contribution < -0.4 is 5.32 Å². The molecule has 0 aromatic heterocycles. The number of aliphatic hydroxyl groups is 5. The number of rotatable bonds is 64. The number of amides is 1. The monoisotopic (exact) mass is 1280 g/mol. The van der Waals surface area contributed by atoms with E-state index in [1.54, 1.807) is 6.08 Å². The molecule has 1 amide bonds. The molecule has 7 unspecified atom stereocenters. The van der Waals surface area contributed by atoms with Crippen molar-refractivity contribution in [3.05, 3.63) is 158 Å². The Labute approximate surface area is 565 Å². The van der Waals surface area contributed by atoms with Crippen LogP contribution in [0, 0.1) is 0 Å². The van der Waals surface area contributed by atoms with E-state index in [9.17, 15) is 30.3 Å². The lowest BCUT2D eigenvalue weighted by Gasteiger charge is -2.40. The zero-order chi connectivity index (χ0) is 66.4. The van der Waals surface area contributed by atoms with Crippen LogP contribution in [0.2, 0.25) is 0 Å². The van der Waals surface area contributed by atoms with Crippen molar-refractivity contribution in [1.82, 2.24) is 5.32 Å². The van der Waals surface area contributed by atoms with E-state index in [2.05, 4.69) is 165 Å². The number of unbranched alkanes of at least 4 members (excludes halogenated alkanes) is 30. The van der Waals surface area contributed by atoms with Crippen molar-refractivity contribution >= 4 is 5.91 Å². The fourth-order valence-electron chi connectivity index (χ4n) is 11.0. The third-order valence-electron chi connectivity index (χ3n) is 16.9. The Morgan fingerprint density at radius 1 is 0.380 bits per heavy atom. The molecule has 0 aliphatic carbocycles. The smallest absolute Gasteiger partial charge is 0.220 e. The highest BCUT2D eigenvalue weighted by atomic mass is 16.7. The lowest BCUT2D eigenvalue weighted by atomic mass is 9.99. The van der Waals surface area contributed by atoms with Crippen LogP contribution in [0.4, 0.5) is 0 Å². The molecule has 7 atom stereocenters. The molecule has 0 saturated carbocycles. The molecule has 0 spiro atoms. The first-order valence-electron chi connectivity index (χ1n) is 37.7. The number of ether oxygens (including phenoxy) is 2. The summed E-state index contributed by atoms with van der Waals surface area (Å²) in [6.45, 7) is 3.67. The predicted molar refractivity (Wildman–Crippen MR) is 396 cm³/mol. The van der Waals surface area contributed by atoms with Crippen molar-refractivity contribution in [2.24, 2.45) is 0 Å². The lowest BCUT2D eigenvalue weighted by Crippen LogP contribution is -2.60. The SMILES string of the molecule is CC/C=C\C/C=C\C/C=C\C/C=C\C/C=C\C/C=C\C/C=C\C/C=C\C/C=C\C/C=C\C/C=C\C/C=C\CCCCCCC(=O)NC(COC1OC(CO)C(O)C(O)C1O)C(O)/C=C/CCCCCCCCCCCCCCCCCCCCCCCCCCCC. The van der Waals surface area contributed by atoms with Crippen molar-refractivity contribution in [2.75, 3.05) is 13.2 Å². The molecule has 1 heterocycles. The molecule has 9 heteroatoms. The number of nitrogens with one attached hydrogen (secondary N) is 1. The predicted octanol–water partition coefficient (Wildman–Crippen LogP) is 21.5. The van der Waals surface area contributed by atoms with Gasteiger partial charge in [-0.1, -0.05) is 345 Å². The lowest BCUT2D eigenvalue weighted by molar-refractivity contribution is -0.302. The number of carbonyl (C=O) groups excluding carboxylic acids is 1. The van der Waals surface area contributed by atoms with E-state index < -0.39 is 49.5 Å². The fourth-order valence-corrected chi connectivity index (χ4v) is 11.0. The molecule has 1 rings (SSSR count).